The van der Waals surface area contributed by atoms with Crippen molar-refractivity contribution in [3.05, 3.63) is 56.9 Å². The van der Waals surface area contributed by atoms with E-state index < -0.39 is 11.1 Å². The molecule has 33 heavy (non-hydrogen) atoms. The number of amides is 3. The van der Waals surface area contributed by atoms with E-state index in [4.69, 9.17) is 15.9 Å². The second-order valence-corrected chi connectivity index (χ2v) is 8.78. The number of rotatable bonds is 8. The number of anilines is 1. The molecule has 1 saturated heterocycles. The topological polar surface area (TPSA) is 84.9 Å². The van der Waals surface area contributed by atoms with Crippen LogP contribution >= 0.6 is 27.7 Å². The van der Waals surface area contributed by atoms with Crippen molar-refractivity contribution in [2.45, 2.75) is 13.8 Å². The molecule has 0 radical (unpaired) electrons. The third-order valence-corrected chi connectivity index (χ3v) is 6.06. The van der Waals surface area contributed by atoms with E-state index in [1.165, 1.54) is 0 Å². The van der Waals surface area contributed by atoms with Gasteiger partial charge < -0.3 is 14.8 Å². The number of carbonyl (C=O) groups is 3. The van der Waals surface area contributed by atoms with Gasteiger partial charge in [0, 0.05) is 10.2 Å². The number of nitrogens with one attached hydrogen (secondary N) is 1. The summed E-state index contributed by atoms with van der Waals surface area (Å²) < 4.78 is 12.0. The number of carbonyl (C=O) groups excluding carboxylic acids is 3. The largest absolute Gasteiger partial charge is 0.490 e. The fraction of sp³-hybridized carbons (Fsp3) is 0.208. The Balaban J connectivity index is 1.76. The van der Waals surface area contributed by atoms with E-state index >= 15 is 0 Å². The van der Waals surface area contributed by atoms with Crippen LogP contribution in [0.1, 0.15) is 18.1 Å². The SMILES string of the molecule is C#CCN1C(=O)S/C(=C/c2cc(OCC)c(OCC(=O)Nc3ccc(C)cc3)cc2Br)C1=O. The molecule has 0 unspecified atom stereocenters. The van der Waals surface area contributed by atoms with Crippen molar-refractivity contribution in [1.29, 1.82) is 0 Å². The number of hydrogen-bond acceptors (Lipinski definition) is 6. The maximum absolute atomic E-state index is 12.4. The Kier molecular flexibility index (Phi) is 8.20. The Hall–Kier alpha value is -3.22. The number of aryl methyl sites for hydroxylation is 1. The highest BCUT2D eigenvalue weighted by Gasteiger charge is 2.34. The summed E-state index contributed by atoms with van der Waals surface area (Å²) in [4.78, 5) is 38.0. The molecule has 3 amide bonds. The number of halogens is 1. The molecule has 0 saturated carbocycles. The maximum atomic E-state index is 12.4. The van der Waals surface area contributed by atoms with Crippen LogP contribution in [0.5, 0.6) is 11.5 Å². The molecule has 0 atom stereocenters. The maximum Gasteiger partial charge on any atom is 0.294 e. The summed E-state index contributed by atoms with van der Waals surface area (Å²) in [7, 11) is 0. The molecule has 7 nitrogen and oxygen atoms in total. The molecule has 1 heterocycles. The van der Waals surface area contributed by atoms with Crippen LogP contribution in [-0.4, -0.2) is 41.7 Å². The zero-order valence-corrected chi connectivity index (χ0v) is 20.4. The quantitative estimate of drug-likeness (QED) is 0.389. The van der Waals surface area contributed by atoms with E-state index in [-0.39, 0.29) is 24.0 Å². The lowest BCUT2D eigenvalue weighted by molar-refractivity contribution is -0.122. The fourth-order valence-electron chi connectivity index (χ4n) is 2.89. The van der Waals surface area contributed by atoms with Crippen molar-refractivity contribution < 1.29 is 23.9 Å². The van der Waals surface area contributed by atoms with Crippen LogP contribution < -0.4 is 14.8 Å². The van der Waals surface area contributed by atoms with Gasteiger partial charge in [-0.25, -0.2) is 0 Å². The van der Waals surface area contributed by atoms with Gasteiger partial charge in [-0.05, 0) is 61.5 Å². The van der Waals surface area contributed by atoms with E-state index in [0.29, 0.717) is 33.8 Å². The van der Waals surface area contributed by atoms with Crippen LogP contribution in [0.15, 0.2) is 45.8 Å². The Bertz CT molecular complexity index is 1150. The molecule has 3 rings (SSSR count). The van der Waals surface area contributed by atoms with E-state index in [0.717, 1.165) is 22.2 Å². The molecule has 0 spiro atoms. The highest BCUT2D eigenvalue weighted by atomic mass is 79.9. The van der Waals surface area contributed by atoms with Gasteiger partial charge >= 0.3 is 0 Å². The summed E-state index contributed by atoms with van der Waals surface area (Å²) >= 11 is 4.28. The van der Waals surface area contributed by atoms with Crippen molar-refractivity contribution in [1.82, 2.24) is 4.90 Å². The molecule has 1 N–H and O–H groups in total. The molecule has 0 aliphatic carbocycles. The Morgan fingerprint density at radius 3 is 2.58 bits per heavy atom. The molecule has 0 aromatic heterocycles. The molecular weight excluding hydrogens is 508 g/mol. The van der Waals surface area contributed by atoms with E-state index in [2.05, 4.69) is 27.2 Å². The molecule has 1 aliphatic heterocycles. The Labute approximate surface area is 204 Å². The monoisotopic (exact) mass is 528 g/mol. The summed E-state index contributed by atoms with van der Waals surface area (Å²) in [5.41, 5.74) is 2.38. The van der Waals surface area contributed by atoms with Crippen molar-refractivity contribution in [2.75, 3.05) is 25.1 Å². The molecule has 170 valence electrons. The first kappa shape index (κ1) is 24.4. The first-order chi connectivity index (χ1) is 15.8. The predicted molar refractivity (Wildman–Crippen MR) is 132 cm³/mol. The van der Waals surface area contributed by atoms with Gasteiger partial charge in [-0.2, -0.15) is 0 Å². The van der Waals surface area contributed by atoms with Crippen molar-refractivity contribution in [2.24, 2.45) is 0 Å². The average Bonchev–Trinajstić information content (AvgIpc) is 3.04. The fourth-order valence-corrected chi connectivity index (χ4v) is 4.15. The summed E-state index contributed by atoms with van der Waals surface area (Å²) in [5.74, 6) is 2.31. The highest BCUT2D eigenvalue weighted by Crippen LogP contribution is 2.38. The van der Waals surface area contributed by atoms with Crippen LogP contribution in [0.2, 0.25) is 0 Å². The van der Waals surface area contributed by atoms with Gasteiger partial charge in [0.2, 0.25) is 0 Å². The third kappa shape index (κ3) is 6.18. The smallest absolute Gasteiger partial charge is 0.294 e. The molecule has 9 heteroatoms. The van der Waals surface area contributed by atoms with Crippen LogP contribution in [-0.2, 0) is 9.59 Å². The Morgan fingerprint density at radius 2 is 1.91 bits per heavy atom. The lowest BCUT2D eigenvalue weighted by atomic mass is 10.1. The van der Waals surface area contributed by atoms with Gasteiger partial charge in [-0.3, -0.25) is 19.3 Å². The second-order valence-electron chi connectivity index (χ2n) is 6.93. The van der Waals surface area contributed by atoms with Crippen LogP contribution in [0, 0.1) is 19.3 Å². The second kappa shape index (κ2) is 11.1. The zero-order chi connectivity index (χ0) is 24.0. The van der Waals surface area contributed by atoms with Gasteiger partial charge in [0.05, 0.1) is 18.1 Å². The molecule has 1 aliphatic rings. The number of terminal acetylenes is 1. The standard InChI is InChI=1S/C24H21BrN2O5S/c1-4-10-27-23(29)21(33-24(27)30)12-16-11-19(31-5-2)20(13-18(16)25)32-14-22(28)26-17-8-6-15(3)7-9-17/h1,6-9,11-13H,5,10,14H2,2-3H3,(H,26,28)/b21-12+. The van der Waals surface area contributed by atoms with Crippen molar-refractivity contribution >= 4 is 56.5 Å². The first-order valence-electron chi connectivity index (χ1n) is 9.96. The van der Waals surface area contributed by atoms with Crippen LogP contribution in [0.25, 0.3) is 6.08 Å². The van der Waals surface area contributed by atoms with Gasteiger partial charge in [-0.15, -0.1) is 6.42 Å². The van der Waals surface area contributed by atoms with Gasteiger partial charge in [-0.1, -0.05) is 39.5 Å². The predicted octanol–water partition coefficient (Wildman–Crippen LogP) is 4.84. The van der Waals surface area contributed by atoms with E-state index in [1.807, 2.05) is 38.1 Å². The van der Waals surface area contributed by atoms with Gasteiger partial charge in [0.25, 0.3) is 17.1 Å². The number of imide groups is 1. The van der Waals surface area contributed by atoms with E-state index in [1.54, 1.807) is 18.2 Å². The minimum Gasteiger partial charge on any atom is -0.490 e. The summed E-state index contributed by atoms with van der Waals surface area (Å²) in [5, 5.41) is 2.36. The summed E-state index contributed by atoms with van der Waals surface area (Å²) in [6.45, 7) is 3.86. The molecule has 1 fully saturated rings. The number of nitrogens with zero attached hydrogens (tertiary/aromatic N) is 1. The molecule has 2 aromatic rings. The van der Waals surface area contributed by atoms with Crippen molar-refractivity contribution in [3.63, 3.8) is 0 Å². The van der Waals surface area contributed by atoms with Gasteiger partial charge in [0.1, 0.15) is 0 Å². The summed E-state index contributed by atoms with van der Waals surface area (Å²) in [6.07, 6.45) is 6.82. The number of hydrogen-bond donors (Lipinski definition) is 1. The highest BCUT2D eigenvalue weighted by molar-refractivity contribution is 9.10. The average molecular weight is 529 g/mol. The zero-order valence-electron chi connectivity index (χ0n) is 18.0. The lowest BCUT2D eigenvalue weighted by Gasteiger charge is -2.14. The number of benzene rings is 2. The van der Waals surface area contributed by atoms with E-state index in [9.17, 15) is 14.4 Å². The first-order valence-corrected chi connectivity index (χ1v) is 11.6. The van der Waals surface area contributed by atoms with Crippen molar-refractivity contribution in [3.8, 4) is 23.8 Å². The number of ether oxygens (including phenoxy) is 2. The van der Waals surface area contributed by atoms with Crippen LogP contribution in [0.3, 0.4) is 0 Å². The summed E-state index contributed by atoms with van der Waals surface area (Å²) in [6, 6.07) is 10.8. The van der Waals surface area contributed by atoms with Gasteiger partial charge in [0.15, 0.2) is 18.1 Å². The Morgan fingerprint density at radius 1 is 1.21 bits per heavy atom. The van der Waals surface area contributed by atoms with Crippen LogP contribution in [0.4, 0.5) is 10.5 Å². The molecule has 0 bridgehead atoms. The molecule has 2 aromatic carbocycles. The minimum atomic E-state index is -0.444. The lowest BCUT2D eigenvalue weighted by Crippen LogP contribution is -2.28. The molecular formula is C24H21BrN2O5S. The number of thioether (sulfide) groups is 1. The third-order valence-electron chi connectivity index (χ3n) is 4.47. The minimum absolute atomic E-state index is 0.0786. The normalized spacial score (nSPS) is 14.4.